The van der Waals surface area contributed by atoms with Crippen molar-refractivity contribution >= 4 is 22.0 Å². The van der Waals surface area contributed by atoms with Gasteiger partial charge in [0.25, 0.3) is 5.91 Å². The molecule has 28 heavy (non-hydrogen) atoms. The Balaban J connectivity index is 1.64. The van der Waals surface area contributed by atoms with E-state index in [1.54, 1.807) is 29.3 Å². The SMILES string of the molecule is CCOc1ncccc1C(=O)N1CCN(S(=O)(=O)/C=C/c2ccccc2)CC1. The summed E-state index contributed by atoms with van der Waals surface area (Å²) in [7, 11) is -3.53. The maximum Gasteiger partial charge on any atom is 0.259 e. The van der Waals surface area contributed by atoms with E-state index in [4.69, 9.17) is 4.74 Å². The van der Waals surface area contributed by atoms with Crippen molar-refractivity contribution in [1.82, 2.24) is 14.2 Å². The number of piperazine rings is 1. The molecule has 7 nitrogen and oxygen atoms in total. The van der Waals surface area contributed by atoms with Crippen molar-refractivity contribution in [2.75, 3.05) is 32.8 Å². The van der Waals surface area contributed by atoms with Gasteiger partial charge >= 0.3 is 0 Å². The van der Waals surface area contributed by atoms with Crippen LogP contribution in [0.4, 0.5) is 0 Å². The fourth-order valence-electron chi connectivity index (χ4n) is 2.94. The summed E-state index contributed by atoms with van der Waals surface area (Å²) in [5.74, 6) is 0.101. The molecule has 0 N–H and O–H groups in total. The second kappa shape index (κ2) is 8.99. The van der Waals surface area contributed by atoms with E-state index in [0.29, 0.717) is 31.1 Å². The monoisotopic (exact) mass is 401 g/mol. The first-order valence-electron chi connectivity index (χ1n) is 9.11. The van der Waals surface area contributed by atoms with E-state index >= 15 is 0 Å². The van der Waals surface area contributed by atoms with Crippen LogP contribution in [0.2, 0.25) is 0 Å². The lowest BCUT2D eigenvalue weighted by molar-refractivity contribution is 0.0693. The average molecular weight is 401 g/mol. The van der Waals surface area contributed by atoms with Gasteiger partial charge in [-0.3, -0.25) is 4.79 Å². The van der Waals surface area contributed by atoms with E-state index in [1.807, 2.05) is 37.3 Å². The van der Waals surface area contributed by atoms with Crippen LogP contribution in [0.3, 0.4) is 0 Å². The summed E-state index contributed by atoms with van der Waals surface area (Å²) in [4.78, 5) is 18.5. The number of ether oxygens (including phenoxy) is 1. The number of sulfonamides is 1. The smallest absolute Gasteiger partial charge is 0.259 e. The Kier molecular flexibility index (Phi) is 6.43. The normalized spacial score (nSPS) is 15.7. The van der Waals surface area contributed by atoms with Gasteiger partial charge in [-0.25, -0.2) is 13.4 Å². The molecule has 1 fully saturated rings. The van der Waals surface area contributed by atoms with Gasteiger partial charge < -0.3 is 9.64 Å². The molecule has 0 radical (unpaired) electrons. The Bertz CT molecular complexity index is 937. The van der Waals surface area contributed by atoms with Crippen LogP contribution in [0.1, 0.15) is 22.8 Å². The van der Waals surface area contributed by atoms with Crippen molar-refractivity contribution in [3.63, 3.8) is 0 Å². The molecule has 8 heteroatoms. The topological polar surface area (TPSA) is 79.8 Å². The van der Waals surface area contributed by atoms with Crippen LogP contribution in [-0.4, -0.2) is 61.3 Å². The van der Waals surface area contributed by atoms with Crippen LogP contribution in [0.25, 0.3) is 6.08 Å². The zero-order valence-corrected chi connectivity index (χ0v) is 16.5. The van der Waals surface area contributed by atoms with Crippen molar-refractivity contribution in [1.29, 1.82) is 0 Å². The molecule has 1 amide bonds. The molecule has 1 aliphatic rings. The van der Waals surface area contributed by atoms with Gasteiger partial charge in [-0.15, -0.1) is 0 Å². The van der Waals surface area contributed by atoms with Crippen LogP contribution >= 0.6 is 0 Å². The number of carbonyl (C=O) groups excluding carboxylic acids is 1. The first kappa shape index (κ1) is 20.0. The summed E-state index contributed by atoms with van der Waals surface area (Å²) in [5, 5.41) is 1.22. The number of nitrogens with zero attached hydrogens (tertiary/aromatic N) is 3. The van der Waals surface area contributed by atoms with Gasteiger partial charge in [-0.05, 0) is 30.7 Å². The minimum absolute atomic E-state index is 0.201. The summed E-state index contributed by atoms with van der Waals surface area (Å²) in [5.41, 5.74) is 1.21. The Morgan fingerprint density at radius 1 is 1.11 bits per heavy atom. The Labute approximate surface area is 165 Å². The molecule has 3 rings (SSSR count). The molecule has 0 atom stereocenters. The lowest BCUT2D eigenvalue weighted by Crippen LogP contribution is -2.50. The molecule has 1 aliphatic heterocycles. The van der Waals surface area contributed by atoms with E-state index in [-0.39, 0.29) is 19.0 Å². The van der Waals surface area contributed by atoms with Crippen LogP contribution < -0.4 is 4.74 Å². The minimum atomic E-state index is -3.53. The number of carbonyl (C=O) groups is 1. The average Bonchev–Trinajstić information content (AvgIpc) is 2.73. The molecule has 1 aromatic carbocycles. The third-order valence-electron chi connectivity index (χ3n) is 4.40. The van der Waals surface area contributed by atoms with Crippen molar-refractivity contribution in [3.8, 4) is 5.88 Å². The Morgan fingerprint density at radius 3 is 2.50 bits per heavy atom. The number of aromatic nitrogens is 1. The first-order valence-corrected chi connectivity index (χ1v) is 10.6. The maximum absolute atomic E-state index is 12.8. The molecule has 1 aromatic heterocycles. The standard InChI is InChI=1S/C20H23N3O4S/c1-2-27-19-18(9-6-11-21-19)20(24)22-12-14-23(15-13-22)28(25,26)16-10-17-7-4-3-5-8-17/h3-11,16H,2,12-15H2,1H3/b16-10+. The molecule has 0 saturated carbocycles. The summed E-state index contributed by atoms with van der Waals surface area (Å²) >= 11 is 0. The molecule has 148 valence electrons. The molecule has 0 spiro atoms. The highest BCUT2D eigenvalue weighted by atomic mass is 32.2. The van der Waals surface area contributed by atoms with Crippen molar-refractivity contribution in [2.45, 2.75) is 6.92 Å². The predicted octanol–water partition coefficient (Wildman–Crippen LogP) is 2.24. The third kappa shape index (κ3) is 4.76. The van der Waals surface area contributed by atoms with E-state index in [0.717, 1.165) is 5.56 Å². The maximum atomic E-state index is 12.8. The predicted molar refractivity (Wildman–Crippen MR) is 107 cm³/mol. The molecule has 1 saturated heterocycles. The second-order valence-corrected chi connectivity index (χ2v) is 8.06. The molecule has 2 heterocycles. The van der Waals surface area contributed by atoms with Gasteiger partial charge in [0.2, 0.25) is 15.9 Å². The van der Waals surface area contributed by atoms with Crippen molar-refractivity contribution in [3.05, 3.63) is 65.2 Å². The number of amides is 1. The van der Waals surface area contributed by atoms with Crippen molar-refractivity contribution in [2.24, 2.45) is 0 Å². The number of hydrogen-bond acceptors (Lipinski definition) is 5. The molecule has 0 aliphatic carbocycles. The summed E-state index contributed by atoms with van der Waals surface area (Å²) in [6, 6.07) is 12.6. The van der Waals surface area contributed by atoms with Crippen LogP contribution in [-0.2, 0) is 10.0 Å². The molecular formula is C20H23N3O4S. The molecule has 0 bridgehead atoms. The summed E-state index contributed by atoms with van der Waals surface area (Å²) in [6.07, 6.45) is 3.15. The van der Waals surface area contributed by atoms with Crippen LogP contribution in [0.5, 0.6) is 5.88 Å². The van der Waals surface area contributed by atoms with E-state index < -0.39 is 10.0 Å². The van der Waals surface area contributed by atoms with Gasteiger partial charge in [0, 0.05) is 37.8 Å². The largest absolute Gasteiger partial charge is 0.477 e. The number of pyridine rings is 1. The second-order valence-electron chi connectivity index (χ2n) is 6.24. The quantitative estimate of drug-likeness (QED) is 0.742. The molecule has 0 unspecified atom stereocenters. The van der Waals surface area contributed by atoms with Crippen LogP contribution in [0.15, 0.2) is 54.1 Å². The number of hydrogen-bond donors (Lipinski definition) is 0. The van der Waals surface area contributed by atoms with Gasteiger partial charge in [-0.2, -0.15) is 4.31 Å². The molecule has 2 aromatic rings. The molecular weight excluding hydrogens is 378 g/mol. The van der Waals surface area contributed by atoms with Crippen molar-refractivity contribution < 1.29 is 17.9 Å². The lowest BCUT2D eigenvalue weighted by Gasteiger charge is -2.33. The highest BCUT2D eigenvalue weighted by Gasteiger charge is 2.29. The van der Waals surface area contributed by atoms with Gasteiger partial charge in [0.15, 0.2) is 0 Å². The van der Waals surface area contributed by atoms with Gasteiger partial charge in [-0.1, -0.05) is 30.3 Å². The van der Waals surface area contributed by atoms with E-state index in [9.17, 15) is 13.2 Å². The lowest BCUT2D eigenvalue weighted by atomic mass is 10.2. The first-order chi connectivity index (χ1) is 13.5. The van der Waals surface area contributed by atoms with E-state index in [1.165, 1.54) is 9.71 Å². The third-order valence-corrected chi connectivity index (χ3v) is 5.97. The highest BCUT2D eigenvalue weighted by Crippen LogP contribution is 2.19. The summed E-state index contributed by atoms with van der Waals surface area (Å²) in [6.45, 7) is 3.37. The minimum Gasteiger partial charge on any atom is -0.477 e. The Morgan fingerprint density at radius 2 is 1.82 bits per heavy atom. The zero-order valence-electron chi connectivity index (χ0n) is 15.7. The number of rotatable bonds is 6. The summed E-state index contributed by atoms with van der Waals surface area (Å²) < 4.78 is 31.9. The van der Waals surface area contributed by atoms with Gasteiger partial charge in [0.1, 0.15) is 5.56 Å². The fraction of sp³-hybridized carbons (Fsp3) is 0.300. The highest BCUT2D eigenvalue weighted by molar-refractivity contribution is 7.92. The number of benzene rings is 1. The Hall–Kier alpha value is -2.71. The van der Waals surface area contributed by atoms with Gasteiger partial charge in [0.05, 0.1) is 6.61 Å². The zero-order chi connectivity index (χ0) is 20.0. The van der Waals surface area contributed by atoms with E-state index in [2.05, 4.69) is 4.98 Å². The van der Waals surface area contributed by atoms with Crippen LogP contribution in [0, 0.1) is 0 Å². The fourth-order valence-corrected chi connectivity index (χ4v) is 4.11.